The molecule has 2 atom stereocenters. The first-order valence-corrected chi connectivity index (χ1v) is 8.02. The number of pyridine rings is 1. The van der Waals surface area contributed by atoms with Crippen molar-refractivity contribution in [1.82, 2.24) is 10.3 Å². The van der Waals surface area contributed by atoms with Crippen LogP contribution in [0.15, 0.2) is 36.7 Å². The maximum Gasteiger partial charge on any atom is 0.224 e. The molecule has 5 nitrogen and oxygen atoms in total. The molecule has 3 rings (SSSR count). The van der Waals surface area contributed by atoms with E-state index < -0.39 is 0 Å². The molecule has 1 aliphatic rings. The molecule has 0 aliphatic heterocycles. The molecule has 1 aromatic carbocycles. The summed E-state index contributed by atoms with van der Waals surface area (Å²) in [6, 6.07) is 7.74. The number of carbonyl (C=O) groups is 1. The summed E-state index contributed by atoms with van der Waals surface area (Å²) in [6.07, 6.45) is 4.42. The van der Waals surface area contributed by atoms with E-state index in [1.807, 2.05) is 31.2 Å². The molecule has 1 aromatic heterocycles. The molecular weight excluding hydrogens is 304 g/mol. The van der Waals surface area contributed by atoms with E-state index in [4.69, 9.17) is 9.47 Å². The number of methoxy groups -OCH3 is 2. The number of hydrogen-bond donors (Lipinski definition) is 1. The van der Waals surface area contributed by atoms with Gasteiger partial charge in [0, 0.05) is 36.3 Å². The molecule has 0 saturated heterocycles. The van der Waals surface area contributed by atoms with Crippen LogP contribution in [0.5, 0.6) is 11.5 Å². The summed E-state index contributed by atoms with van der Waals surface area (Å²) in [5.41, 5.74) is 3.14. The second kappa shape index (κ2) is 6.91. The Morgan fingerprint density at radius 1 is 1.25 bits per heavy atom. The molecule has 126 valence electrons. The van der Waals surface area contributed by atoms with Crippen molar-refractivity contribution in [1.29, 1.82) is 0 Å². The van der Waals surface area contributed by atoms with Crippen LogP contribution in [0.1, 0.15) is 29.0 Å². The molecule has 0 bridgehead atoms. The maximum absolute atomic E-state index is 12.4. The van der Waals surface area contributed by atoms with E-state index >= 15 is 0 Å². The van der Waals surface area contributed by atoms with Crippen LogP contribution in [0.25, 0.3) is 0 Å². The Labute approximate surface area is 142 Å². The first kappa shape index (κ1) is 16.3. The zero-order chi connectivity index (χ0) is 17.1. The second-order valence-electron chi connectivity index (χ2n) is 6.14. The summed E-state index contributed by atoms with van der Waals surface area (Å²) in [5, 5.41) is 3.00. The largest absolute Gasteiger partial charge is 0.497 e. The number of nitrogens with one attached hydrogen (secondary N) is 1. The Balaban J connectivity index is 1.63. The molecule has 1 saturated carbocycles. The van der Waals surface area contributed by atoms with Crippen molar-refractivity contribution in [2.45, 2.75) is 25.8 Å². The predicted octanol–water partition coefficient (Wildman–Crippen LogP) is 2.83. The van der Waals surface area contributed by atoms with Gasteiger partial charge in [0.1, 0.15) is 11.5 Å². The van der Waals surface area contributed by atoms with E-state index in [0.717, 1.165) is 34.6 Å². The molecule has 5 heteroatoms. The highest BCUT2D eigenvalue weighted by molar-refractivity contribution is 5.83. The van der Waals surface area contributed by atoms with Gasteiger partial charge in [0.25, 0.3) is 0 Å². The summed E-state index contributed by atoms with van der Waals surface area (Å²) < 4.78 is 10.7. The lowest BCUT2D eigenvalue weighted by molar-refractivity contribution is -0.122. The van der Waals surface area contributed by atoms with Gasteiger partial charge in [-0.2, -0.15) is 0 Å². The fourth-order valence-corrected chi connectivity index (χ4v) is 2.99. The molecule has 1 N–H and O–H groups in total. The maximum atomic E-state index is 12.4. The van der Waals surface area contributed by atoms with Crippen molar-refractivity contribution < 1.29 is 14.3 Å². The molecule has 0 radical (unpaired) electrons. The normalized spacial score (nSPS) is 18.8. The third-order valence-corrected chi connectivity index (χ3v) is 4.36. The Hall–Kier alpha value is -2.56. The van der Waals surface area contributed by atoms with Crippen LogP contribution in [0.4, 0.5) is 0 Å². The van der Waals surface area contributed by atoms with Gasteiger partial charge in [-0.05, 0) is 42.7 Å². The summed E-state index contributed by atoms with van der Waals surface area (Å²) >= 11 is 0. The molecule has 0 spiro atoms. The van der Waals surface area contributed by atoms with Crippen molar-refractivity contribution in [2.24, 2.45) is 5.92 Å². The summed E-state index contributed by atoms with van der Waals surface area (Å²) in [7, 11) is 3.28. The van der Waals surface area contributed by atoms with Gasteiger partial charge < -0.3 is 14.8 Å². The van der Waals surface area contributed by atoms with E-state index in [0.29, 0.717) is 6.54 Å². The van der Waals surface area contributed by atoms with Gasteiger partial charge in [-0.1, -0.05) is 6.07 Å². The second-order valence-corrected chi connectivity index (χ2v) is 6.14. The fourth-order valence-electron chi connectivity index (χ4n) is 2.99. The SMILES string of the molecule is COc1ccc(OC)c(C2CC2C(=O)NCc2cncc(C)c2)c1. The number of benzene rings is 1. The summed E-state index contributed by atoms with van der Waals surface area (Å²) in [4.78, 5) is 16.5. The summed E-state index contributed by atoms with van der Waals surface area (Å²) in [5.74, 6) is 1.84. The predicted molar refractivity (Wildman–Crippen MR) is 91.2 cm³/mol. The van der Waals surface area contributed by atoms with Crippen molar-refractivity contribution in [3.05, 3.63) is 53.3 Å². The number of ether oxygens (including phenoxy) is 2. The van der Waals surface area contributed by atoms with E-state index in [2.05, 4.69) is 10.3 Å². The number of aryl methyl sites for hydroxylation is 1. The molecule has 2 aromatic rings. The average Bonchev–Trinajstić information content (AvgIpc) is 3.40. The van der Waals surface area contributed by atoms with Crippen LogP contribution in [0, 0.1) is 12.8 Å². The smallest absolute Gasteiger partial charge is 0.224 e. The van der Waals surface area contributed by atoms with Gasteiger partial charge in [-0.3, -0.25) is 9.78 Å². The van der Waals surface area contributed by atoms with E-state index in [-0.39, 0.29) is 17.7 Å². The Morgan fingerprint density at radius 3 is 2.79 bits per heavy atom. The van der Waals surface area contributed by atoms with Crippen LogP contribution in [-0.4, -0.2) is 25.1 Å². The first-order chi connectivity index (χ1) is 11.6. The number of aromatic nitrogens is 1. The van der Waals surface area contributed by atoms with Gasteiger partial charge in [0.05, 0.1) is 14.2 Å². The highest BCUT2D eigenvalue weighted by Gasteiger charge is 2.45. The van der Waals surface area contributed by atoms with Crippen molar-refractivity contribution in [2.75, 3.05) is 14.2 Å². The number of carbonyl (C=O) groups excluding carboxylic acids is 1. The minimum atomic E-state index is -0.0104. The average molecular weight is 326 g/mol. The molecule has 1 fully saturated rings. The minimum Gasteiger partial charge on any atom is -0.497 e. The number of hydrogen-bond acceptors (Lipinski definition) is 4. The molecular formula is C19H22N2O3. The Bertz CT molecular complexity index is 745. The lowest BCUT2D eigenvalue weighted by Gasteiger charge is -2.10. The third kappa shape index (κ3) is 3.50. The fraction of sp³-hybridized carbons (Fsp3) is 0.368. The van der Waals surface area contributed by atoms with Crippen molar-refractivity contribution in [3.63, 3.8) is 0 Å². The minimum absolute atomic E-state index is 0.0104. The van der Waals surface area contributed by atoms with Crippen LogP contribution in [0.3, 0.4) is 0 Å². The zero-order valence-corrected chi connectivity index (χ0v) is 14.2. The van der Waals surface area contributed by atoms with Crippen LogP contribution >= 0.6 is 0 Å². The van der Waals surface area contributed by atoms with E-state index in [9.17, 15) is 4.79 Å². The quantitative estimate of drug-likeness (QED) is 0.887. The standard InChI is InChI=1S/C19H22N2O3/c1-12-6-13(10-20-9-12)11-21-19(22)17-8-15(17)16-7-14(23-2)4-5-18(16)24-3/h4-7,9-10,15,17H,8,11H2,1-3H3,(H,21,22). The van der Waals surface area contributed by atoms with Gasteiger partial charge in [-0.25, -0.2) is 0 Å². The molecule has 2 unspecified atom stereocenters. The monoisotopic (exact) mass is 326 g/mol. The van der Waals surface area contributed by atoms with Crippen molar-refractivity contribution >= 4 is 5.91 Å². The lowest BCUT2D eigenvalue weighted by atomic mass is 10.1. The van der Waals surface area contributed by atoms with E-state index in [1.165, 1.54) is 0 Å². The topological polar surface area (TPSA) is 60.5 Å². The highest BCUT2D eigenvalue weighted by Crippen LogP contribution is 2.51. The molecule has 1 aliphatic carbocycles. The highest BCUT2D eigenvalue weighted by atomic mass is 16.5. The van der Waals surface area contributed by atoms with Gasteiger partial charge >= 0.3 is 0 Å². The third-order valence-electron chi connectivity index (χ3n) is 4.36. The van der Waals surface area contributed by atoms with E-state index in [1.54, 1.807) is 26.6 Å². The Morgan fingerprint density at radius 2 is 2.08 bits per heavy atom. The number of rotatable bonds is 6. The lowest BCUT2D eigenvalue weighted by Crippen LogP contribution is -2.25. The Kier molecular flexibility index (Phi) is 4.69. The number of amides is 1. The van der Waals surface area contributed by atoms with Gasteiger partial charge in [0.15, 0.2) is 0 Å². The van der Waals surface area contributed by atoms with Crippen LogP contribution in [0.2, 0.25) is 0 Å². The molecule has 24 heavy (non-hydrogen) atoms. The zero-order valence-electron chi connectivity index (χ0n) is 14.2. The van der Waals surface area contributed by atoms with Gasteiger partial charge in [0.2, 0.25) is 5.91 Å². The number of nitrogens with zero attached hydrogens (tertiary/aromatic N) is 1. The van der Waals surface area contributed by atoms with Crippen LogP contribution in [-0.2, 0) is 11.3 Å². The first-order valence-electron chi connectivity index (χ1n) is 8.02. The molecule has 1 heterocycles. The van der Waals surface area contributed by atoms with Gasteiger partial charge in [-0.15, -0.1) is 0 Å². The van der Waals surface area contributed by atoms with Crippen LogP contribution < -0.4 is 14.8 Å². The molecule has 1 amide bonds. The van der Waals surface area contributed by atoms with Crippen molar-refractivity contribution in [3.8, 4) is 11.5 Å². The summed E-state index contributed by atoms with van der Waals surface area (Å²) in [6.45, 7) is 2.50.